The number of hydrogen-bond acceptors (Lipinski definition) is 3. The minimum absolute atomic E-state index is 0.325. The van der Waals surface area contributed by atoms with Crippen molar-refractivity contribution in [3.05, 3.63) is 17.0 Å². The van der Waals surface area contributed by atoms with Gasteiger partial charge in [-0.1, -0.05) is 39.3 Å². The molecule has 0 aliphatic rings. The standard InChI is InChI=1S/C12H20ClN3/c1-5-9(6-2)16-12-10(8(3)4)11(13)14-7-15-12/h7-9H,5-6H2,1-4H3,(H,14,15,16). The quantitative estimate of drug-likeness (QED) is 0.796. The molecule has 16 heavy (non-hydrogen) atoms. The first kappa shape index (κ1) is 13.2. The van der Waals surface area contributed by atoms with E-state index < -0.39 is 0 Å². The Balaban J connectivity index is 2.99. The van der Waals surface area contributed by atoms with Crippen molar-refractivity contribution in [1.82, 2.24) is 9.97 Å². The average Bonchev–Trinajstić information content (AvgIpc) is 2.25. The zero-order valence-electron chi connectivity index (χ0n) is 10.4. The van der Waals surface area contributed by atoms with E-state index >= 15 is 0 Å². The Bertz CT molecular complexity index is 335. The van der Waals surface area contributed by atoms with E-state index in [2.05, 4.69) is 43.0 Å². The third kappa shape index (κ3) is 3.08. The van der Waals surface area contributed by atoms with E-state index in [1.165, 1.54) is 6.33 Å². The first-order valence-electron chi connectivity index (χ1n) is 5.87. The van der Waals surface area contributed by atoms with E-state index in [0.29, 0.717) is 17.1 Å². The van der Waals surface area contributed by atoms with Crippen molar-refractivity contribution in [2.45, 2.75) is 52.5 Å². The van der Waals surface area contributed by atoms with Crippen molar-refractivity contribution in [3.8, 4) is 0 Å². The molecule has 1 aromatic rings. The Morgan fingerprint density at radius 1 is 1.25 bits per heavy atom. The highest BCUT2D eigenvalue weighted by Crippen LogP contribution is 2.28. The van der Waals surface area contributed by atoms with Crippen LogP contribution in [-0.2, 0) is 0 Å². The lowest BCUT2D eigenvalue weighted by atomic mass is 10.1. The van der Waals surface area contributed by atoms with Gasteiger partial charge in [0.25, 0.3) is 0 Å². The second kappa shape index (κ2) is 6.04. The molecule has 90 valence electrons. The van der Waals surface area contributed by atoms with Crippen LogP contribution in [-0.4, -0.2) is 16.0 Å². The van der Waals surface area contributed by atoms with E-state index in [1.807, 2.05) is 0 Å². The molecule has 1 rings (SSSR count). The first-order chi connectivity index (χ1) is 7.60. The zero-order valence-corrected chi connectivity index (χ0v) is 11.2. The number of halogens is 1. The van der Waals surface area contributed by atoms with Gasteiger partial charge in [0.15, 0.2) is 0 Å². The molecule has 0 aromatic carbocycles. The minimum atomic E-state index is 0.325. The predicted octanol–water partition coefficient (Wildman–Crippen LogP) is 3.85. The first-order valence-corrected chi connectivity index (χ1v) is 6.24. The van der Waals surface area contributed by atoms with Crippen LogP contribution in [0.2, 0.25) is 5.15 Å². The molecule has 1 heterocycles. The van der Waals surface area contributed by atoms with Gasteiger partial charge < -0.3 is 5.32 Å². The molecular weight excluding hydrogens is 222 g/mol. The summed E-state index contributed by atoms with van der Waals surface area (Å²) in [5.74, 6) is 1.20. The number of nitrogens with zero attached hydrogens (tertiary/aromatic N) is 2. The van der Waals surface area contributed by atoms with Crippen LogP contribution in [0.5, 0.6) is 0 Å². The number of hydrogen-bond donors (Lipinski definition) is 1. The van der Waals surface area contributed by atoms with Crippen molar-refractivity contribution < 1.29 is 0 Å². The van der Waals surface area contributed by atoms with Crippen LogP contribution in [0.15, 0.2) is 6.33 Å². The Labute approximate surface area is 103 Å². The van der Waals surface area contributed by atoms with Crippen molar-refractivity contribution >= 4 is 17.4 Å². The zero-order chi connectivity index (χ0) is 12.1. The van der Waals surface area contributed by atoms with Gasteiger partial charge in [-0.05, 0) is 18.8 Å². The van der Waals surface area contributed by atoms with Crippen LogP contribution in [0.1, 0.15) is 52.0 Å². The van der Waals surface area contributed by atoms with Crippen LogP contribution in [0.4, 0.5) is 5.82 Å². The molecule has 0 unspecified atom stereocenters. The van der Waals surface area contributed by atoms with Crippen LogP contribution < -0.4 is 5.32 Å². The summed E-state index contributed by atoms with van der Waals surface area (Å²) in [7, 11) is 0. The summed E-state index contributed by atoms with van der Waals surface area (Å²) in [6.45, 7) is 8.53. The van der Waals surface area contributed by atoms with Crippen LogP contribution in [0.25, 0.3) is 0 Å². The Morgan fingerprint density at radius 3 is 2.38 bits per heavy atom. The highest BCUT2D eigenvalue weighted by molar-refractivity contribution is 6.30. The highest BCUT2D eigenvalue weighted by atomic mass is 35.5. The summed E-state index contributed by atoms with van der Waals surface area (Å²) in [4.78, 5) is 8.32. The highest BCUT2D eigenvalue weighted by Gasteiger charge is 2.15. The maximum Gasteiger partial charge on any atom is 0.138 e. The smallest absolute Gasteiger partial charge is 0.138 e. The Kier molecular flexibility index (Phi) is 5.00. The molecule has 0 atom stereocenters. The molecule has 0 spiro atoms. The van der Waals surface area contributed by atoms with Crippen LogP contribution in [0, 0.1) is 0 Å². The van der Waals surface area contributed by atoms with Gasteiger partial charge in [-0.2, -0.15) is 0 Å². The van der Waals surface area contributed by atoms with Gasteiger partial charge in [0, 0.05) is 11.6 Å². The fourth-order valence-corrected chi connectivity index (χ4v) is 2.04. The largest absolute Gasteiger partial charge is 0.367 e. The van der Waals surface area contributed by atoms with E-state index in [0.717, 1.165) is 24.2 Å². The fourth-order valence-electron chi connectivity index (χ4n) is 1.69. The Morgan fingerprint density at radius 2 is 1.88 bits per heavy atom. The molecule has 0 amide bonds. The molecule has 0 aliphatic heterocycles. The van der Waals surface area contributed by atoms with Crippen molar-refractivity contribution in [2.75, 3.05) is 5.32 Å². The van der Waals surface area contributed by atoms with E-state index in [4.69, 9.17) is 11.6 Å². The topological polar surface area (TPSA) is 37.8 Å². The van der Waals surface area contributed by atoms with E-state index in [1.54, 1.807) is 0 Å². The number of anilines is 1. The third-order valence-electron chi connectivity index (χ3n) is 2.74. The van der Waals surface area contributed by atoms with Crippen molar-refractivity contribution in [2.24, 2.45) is 0 Å². The minimum Gasteiger partial charge on any atom is -0.367 e. The SMILES string of the molecule is CCC(CC)Nc1ncnc(Cl)c1C(C)C. The molecule has 0 saturated heterocycles. The van der Waals surface area contributed by atoms with E-state index in [-0.39, 0.29) is 0 Å². The maximum absolute atomic E-state index is 6.10. The van der Waals surface area contributed by atoms with Gasteiger partial charge >= 0.3 is 0 Å². The number of aromatic nitrogens is 2. The monoisotopic (exact) mass is 241 g/mol. The van der Waals surface area contributed by atoms with Crippen LogP contribution >= 0.6 is 11.6 Å². The second-order valence-electron chi connectivity index (χ2n) is 4.24. The molecule has 1 N–H and O–H groups in total. The normalized spacial score (nSPS) is 11.2. The lowest BCUT2D eigenvalue weighted by Gasteiger charge is -2.19. The number of nitrogens with one attached hydrogen (secondary N) is 1. The summed E-state index contributed by atoms with van der Waals surface area (Å²) in [6.07, 6.45) is 3.67. The average molecular weight is 242 g/mol. The molecule has 0 radical (unpaired) electrons. The maximum atomic E-state index is 6.10. The fraction of sp³-hybridized carbons (Fsp3) is 0.667. The van der Waals surface area contributed by atoms with Crippen molar-refractivity contribution in [3.63, 3.8) is 0 Å². The molecular formula is C12H20ClN3. The second-order valence-corrected chi connectivity index (χ2v) is 4.60. The lowest BCUT2D eigenvalue weighted by Crippen LogP contribution is -2.19. The predicted molar refractivity (Wildman–Crippen MR) is 69.1 cm³/mol. The Hall–Kier alpha value is -0.830. The van der Waals surface area contributed by atoms with Crippen LogP contribution in [0.3, 0.4) is 0 Å². The molecule has 0 bridgehead atoms. The molecule has 0 aliphatic carbocycles. The molecule has 0 fully saturated rings. The summed E-state index contributed by atoms with van der Waals surface area (Å²) >= 11 is 6.10. The third-order valence-corrected chi connectivity index (χ3v) is 3.04. The van der Waals surface area contributed by atoms with Crippen molar-refractivity contribution in [1.29, 1.82) is 0 Å². The van der Waals surface area contributed by atoms with Gasteiger partial charge in [0.2, 0.25) is 0 Å². The summed E-state index contributed by atoms with van der Waals surface area (Å²) in [5, 5.41) is 3.99. The molecule has 0 saturated carbocycles. The molecule has 1 aromatic heterocycles. The lowest BCUT2D eigenvalue weighted by molar-refractivity contribution is 0.664. The molecule has 3 nitrogen and oxygen atoms in total. The van der Waals surface area contributed by atoms with Gasteiger partial charge in [0.1, 0.15) is 17.3 Å². The molecule has 4 heteroatoms. The van der Waals surface area contributed by atoms with Gasteiger partial charge in [-0.25, -0.2) is 9.97 Å². The summed E-state index contributed by atoms with van der Waals surface area (Å²) < 4.78 is 0. The van der Waals surface area contributed by atoms with Gasteiger partial charge in [-0.3, -0.25) is 0 Å². The van der Waals surface area contributed by atoms with Gasteiger partial charge in [0.05, 0.1) is 0 Å². The van der Waals surface area contributed by atoms with E-state index in [9.17, 15) is 0 Å². The number of rotatable bonds is 5. The summed E-state index contributed by atoms with van der Waals surface area (Å²) in [6, 6.07) is 0.448. The summed E-state index contributed by atoms with van der Waals surface area (Å²) in [5.41, 5.74) is 1.01. The van der Waals surface area contributed by atoms with Gasteiger partial charge in [-0.15, -0.1) is 0 Å².